The van der Waals surface area contributed by atoms with Crippen LogP contribution in [0.1, 0.15) is 12.5 Å². The van der Waals surface area contributed by atoms with Crippen LogP contribution in [0.15, 0.2) is 18.2 Å². The Morgan fingerprint density at radius 2 is 2.19 bits per heavy atom. The molecule has 0 spiro atoms. The van der Waals surface area contributed by atoms with Crippen molar-refractivity contribution in [3.05, 3.63) is 33.9 Å². The van der Waals surface area contributed by atoms with Gasteiger partial charge in [0.15, 0.2) is 0 Å². The summed E-state index contributed by atoms with van der Waals surface area (Å²) in [7, 11) is 0. The molecule has 0 atom stereocenters. The largest absolute Gasteiger partial charge is 0.485 e. The summed E-state index contributed by atoms with van der Waals surface area (Å²) in [5.74, 6) is 0.687. The second-order valence-corrected chi connectivity index (χ2v) is 4.36. The second-order valence-electron chi connectivity index (χ2n) is 4.36. The average Bonchev–Trinajstić information content (AvgIpc) is 2.14. The van der Waals surface area contributed by atoms with E-state index in [1.54, 1.807) is 19.1 Å². The third-order valence-electron chi connectivity index (χ3n) is 2.73. The molecule has 0 aromatic heterocycles. The second kappa shape index (κ2) is 3.75. The molecule has 5 nitrogen and oxygen atoms in total. The zero-order chi connectivity index (χ0) is 11.8. The fourth-order valence-corrected chi connectivity index (χ4v) is 1.73. The first kappa shape index (κ1) is 10.9. The van der Waals surface area contributed by atoms with Gasteiger partial charge >= 0.3 is 0 Å². The summed E-state index contributed by atoms with van der Waals surface area (Å²) in [5, 5.41) is 13.8. The van der Waals surface area contributed by atoms with Gasteiger partial charge in [-0.15, -0.1) is 0 Å². The van der Waals surface area contributed by atoms with Crippen LogP contribution in [0, 0.1) is 17.0 Å². The van der Waals surface area contributed by atoms with Crippen molar-refractivity contribution < 1.29 is 9.66 Å². The van der Waals surface area contributed by atoms with E-state index in [4.69, 9.17) is 4.74 Å². The molecule has 5 heteroatoms. The fraction of sp³-hybridized carbons (Fsp3) is 0.455. The highest BCUT2D eigenvalue weighted by atomic mass is 16.6. The number of hydrogen-bond acceptors (Lipinski definition) is 4. The molecule has 0 unspecified atom stereocenters. The maximum absolute atomic E-state index is 10.6. The molecule has 86 valence electrons. The Hall–Kier alpha value is -1.62. The van der Waals surface area contributed by atoms with Crippen molar-refractivity contribution in [3.8, 4) is 5.75 Å². The van der Waals surface area contributed by atoms with Gasteiger partial charge in [0.05, 0.1) is 4.92 Å². The molecule has 0 bridgehead atoms. The van der Waals surface area contributed by atoms with Crippen molar-refractivity contribution in [1.29, 1.82) is 0 Å². The van der Waals surface area contributed by atoms with Crippen LogP contribution >= 0.6 is 0 Å². The molecule has 1 aliphatic heterocycles. The molecule has 0 saturated carbocycles. The summed E-state index contributed by atoms with van der Waals surface area (Å²) < 4.78 is 5.77. The summed E-state index contributed by atoms with van der Waals surface area (Å²) in [6, 6.07) is 4.84. The van der Waals surface area contributed by atoms with Crippen molar-refractivity contribution in [2.24, 2.45) is 0 Å². The van der Waals surface area contributed by atoms with Gasteiger partial charge in [0.2, 0.25) is 0 Å². The molecule has 16 heavy (non-hydrogen) atoms. The Morgan fingerprint density at radius 1 is 1.50 bits per heavy atom. The van der Waals surface area contributed by atoms with E-state index in [9.17, 15) is 10.1 Å². The van der Waals surface area contributed by atoms with Crippen LogP contribution in [0.3, 0.4) is 0 Å². The minimum atomic E-state index is -0.383. The predicted octanol–water partition coefficient (Wildman–Crippen LogP) is 1.64. The third kappa shape index (κ3) is 1.99. The number of rotatable bonds is 3. The van der Waals surface area contributed by atoms with E-state index in [0.29, 0.717) is 11.3 Å². The SMILES string of the molecule is Cc1cc(OC2(C)CNC2)ccc1[N+](=O)[O-]. The lowest BCUT2D eigenvalue weighted by Gasteiger charge is -2.39. The summed E-state index contributed by atoms with van der Waals surface area (Å²) in [6.07, 6.45) is 0. The molecule has 0 aliphatic carbocycles. The van der Waals surface area contributed by atoms with Crippen molar-refractivity contribution in [3.63, 3.8) is 0 Å². The van der Waals surface area contributed by atoms with E-state index in [-0.39, 0.29) is 16.2 Å². The Balaban J connectivity index is 2.18. The smallest absolute Gasteiger partial charge is 0.272 e. The first-order valence-electron chi connectivity index (χ1n) is 5.15. The molecule has 1 heterocycles. The topological polar surface area (TPSA) is 64.4 Å². The highest BCUT2D eigenvalue weighted by Crippen LogP contribution is 2.27. The first-order valence-corrected chi connectivity index (χ1v) is 5.15. The number of hydrogen-bond donors (Lipinski definition) is 1. The van der Waals surface area contributed by atoms with Crippen LogP contribution in [0.4, 0.5) is 5.69 Å². The molecule has 1 saturated heterocycles. The van der Waals surface area contributed by atoms with Gasteiger partial charge in [-0.2, -0.15) is 0 Å². The minimum absolute atomic E-state index is 0.129. The zero-order valence-corrected chi connectivity index (χ0v) is 9.32. The summed E-state index contributed by atoms with van der Waals surface area (Å²) >= 11 is 0. The normalized spacial score (nSPS) is 17.6. The van der Waals surface area contributed by atoms with Gasteiger partial charge in [-0.3, -0.25) is 10.1 Å². The molecular weight excluding hydrogens is 208 g/mol. The van der Waals surface area contributed by atoms with E-state index >= 15 is 0 Å². The summed E-state index contributed by atoms with van der Waals surface area (Å²) in [6.45, 7) is 5.35. The van der Waals surface area contributed by atoms with E-state index in [0.717, 1.165) is 13.1 Å². The lowest BCUT2D eigenvalue weighted by Crippen LogP contribution is -2.61. The van der Waals surface area contributed by atoms with Crippen LogP contribution in [-0.2, 0) is 0 Å². The number of nitrogens with one attached hydrogen (secondary N) is 1. The van der Waals surface area contributed by atoms with Gasteiger partial charge in [0.1, 0.15) is 11.4 Å². The molecule has 1 aliphatic rings. The van der Waals surface area contributed by atoms with Crippen LogP contribution in [-0.4, -0.2) is 23.6 Å². The average molecular weight is 222 g/mol. The number of benzene rings is 1. The summed E-state index contributed by atoms with van der Waals surface area (Å²) in [5.41, 5.74) is 0.574. The highest BCUT2D eigenvalue weighted by molar-refractivity contribution is 5.44. The molecule has 0 amide bonds. The van der Waals surface area contributed by atoms with Gasteiger partial charge in [-0.05, 0) is 26.0 Å². The number of nitrogens with zero attached hydrogens (tertiary/aromatic N) is 1. The number of nitro groups is 1. The molecule has 1 N–H and O–H groups in total. The van der Waals surface area contributed by atoms with Gasteiger partial charge in [0, 0.05) is 24.7 Å². The monoisotopic (exact) mass is 222 g/mol. The van der Waals surface area contributed by atoms with Crippen LogP contribution < -0.4 is 10.1 Å². The van der Waals surface area contributed by atoms with E-state index < -0.39 is 0 Å². The maximum Gasteiger partial charge on any atom is 0.272 e. The molecule has 0 radical (unpaired) electrons. The van der Waals surface area contributed by atoms with Crippen LogP contribution in [0.5, 0.6) is 5.75 Å². The Labute approximate surface area is 93.6 Å². The summed E-state index contributed by atoms with van der Waals surface area (Å²) in [4.78, 5) is 10.3. The standard InChI is InChI=1S/C11H14N2O3/c1-8-5-9(3-4-10(8)13(14)15)16-11(2)6-12-7-11/h3-5,12H,6-7H2,1-2H3. The van der Waals surface area contributed by atoms with Crippen molar-refractivity contribution >= 4 is 5.69 Å². The number of nitro benzene ring substituents is 1. The fourth-order valence-electron chi connectivity index (χ4n) is 1.73. The van der Waals surface area contributed by atoms with Gasteiger partial charge in [0.25, 0.3) is 5.69 Å². The lowest BCUT2D eigenvalue weighted by atomic mass is 10.00. The first-order chi connectivity index (χ1) is 7.50. The number of ether oxygens (including phenoxy) is 1. The predicted molar refractivity (Wildman–Crippen MR) is 59.7 cm³/mol. The van der Waals surface area contributed by atoms with Crippen LogP contribution in [0.2, 0.25) is 0 Å². The Morgan fingerprint density at radius 3 is 2.62 bits per heavy atom. The number of aryl methyl sites for hydroxylation is 1. The minimum Gasteiger partial charge on any atom is -0.485 e. The van der Waals surface area contributed by atoms with Crippen molar-refractivity contribution in [2.45, 2.75) is 19.4 Å². The molecule has 1 aromatic rings. The van der Waals surface area contributed by atoms with E-state index in [1.807, 2.05) is 6.92 Å². The quantitative estimate of drug-likeness (QED) is 0.623. The third-order valence-corrected chi connectivity index (χ3v) is 2.73. The van der Waals surface area contributed by atoms with Crippen molar-refractivity contribution in [2.75, 3.05) is 13.1 Å². The molecule has 2 rings (SSSR count). The molecular formula is C11H14N2O3. The molecule has 1 fully saturated rings. The Bertz CT molecular complexity index is 427. The highest BCUT2D eigenvalue weighted by Gasteiger charge is 2.33. The van der Waals surface area contributed by atoms with Crippen molar-refractivity contribution in [1.82, 2.24) is 5.32 Å². The van der Waals surface area contributed by atoms with Gasteiger partial charge < -0.3 is 10.1 Å². The van der Waals surface area contributed by atoms with E-state index in [1.165, 1.54) is 6.07 Å². The Kier molecular flexibility index (Phi) is 2.55. The zero-order valence-electron chi connectivity index (χ0n) is 9.32. The van der Waals surface area contributed by atoms with Gasteiger partial charge in [-0.25, -0.2) is 0 Å². The lowest BCUT2D eigenvalue weighted by molar-refractivity contribution is -0.385. The van der Waals surface area contributed by atoms with Gasteiger partial charge in [-0.1, -0.05) is 0 Å². The molecule has 1 aromatic carbocycles. The van der Waals surface area contributed by atoms with Crippen LogP contribution in [0.25, 0.3) is 0 Å². The van der Waals surface area contributed by atoms with E-state index in [2.05, 4.69) is 5.32 Å². The maximum atomic E-state index is 10.6.